The first-order valence-corrected chi connectivity index (χ1v) is 3.83. The summed E-state index contributed by atoms with van der Waals surface area (Å²) in [7, 11) is 0. The molecule has 0 aromatic heterocycles. The fourth-order valence-corrected chi connectivity index (χ4v) is 1.05. The largest absolute Gasteiger partial charge is 0.369 e. The van der Waals surface area contributed by atoms with Crippen LogP contribution in [0.2, 0.25) is 0 Å². The lowest BCUT2D eigenvalue weighted by molar-refractivity contribution is -0.117. The zero-order valence-electron chi connectivity index (χ0n) is 5.59. The van der Waals surface area contributed by atoms with Gasteiger partial charge in [-0.1, -0.05) is 6.92 Å². The topological polar surface area (TPSA) is 43.1 Å². The van der Waals surface area contributed by atoms with E-state index in [2.05, 4.69) is 0 Å². The van der Waals surface area contributed by atoms with Crippen molar-refractivity contribution in [2.75, 3.05) is 6.26 Å². The molecular weight excluding hydrogens is 158 g/mol. The van der Waals surface area contributed by atoms with E-state index < -0.39 is 0 Å². The maximum atomic E-state index is 10.4. The summed E-state index contributed by atoms with van der Waals surface area (Å²) in [5.41, 5.74) is 5.00. The van der Waals surface area contributed by atoms with Gasteiger partial charge in [0.05, 0.1) is 5.25 Å². The van der Waals surface area contributed by atoms with E-state index in [1.54, 1.807) is 0 Å². The Morgan fingerprint density at radius 1 is 1.78 bits per heavy atom. The zero-order chi connectivity index (χ0) is 6.57. The van der Waals surface area contributed by atoms with Gasteiger partial charge in [-0.05, 0) is 12.7 Å². The van der Waals surface area contributed by atoms with Crippen molar-refractivity contribution in [2.45, 2.75) is 18.6 Å². The molecule has 0 radical (unpaired) electrons. The van der Waals surface area contributed by atoms with Gasteiger partial charge in [-0.15, -0.1) is 12.4 Å². The van der Waals surface area contributed by atoms with Gasteiger partial charge in [-0.3, -0.25) is 4.79 Å². The highest BCUT2D eigenvalue weighted by Gasteiger charge is 2.08. The third kappa shape index (κ3) is 4.60. The molecule has 56 valence electrons. The number of carbonyl (C=O) groups excluding carboxylic acids is 1. The fraction of sp³-hybridized carbons (Fsp3) is 0.800. The summed E-state index contributed by atoms with van der Waals surface area (Å²) in [6.45, 7) is 1.95. The molecule has 1 unspecified atom stereocenters. The van der Waals surface area contributed by atoms with Crippen LogP contribution in [0.1, 0.15) is 13.3 Å². The monoisotopic (exact) mass is 169 g/mol. The standard InChI is InChI=1S/C5H11NOS.ClH/c1-3-4(8-2)5(6)7;/h4H,3H2,1-2H3,(H2,6,7);1H. The second-order valence-electron chi connectivity index (χ2n) is 1.53. The number of halogens is 1. The Labute approximate surface area is 66.0 Å². The molecule has 0 aliphatic rings. The normalized spacial score (nSPS) is 11.8. The number of hydrogen-bond acceptors (Lipinski definition) is 2. The van der Waals surface area contributed by atoms with Crippen molar-refractivity contribution < 1.29 is 4.79 Å². The molecule has 0 aromatic carbocycles. The van der Waals surface area contributed by atoms with Crippen molar-refractivity contribution in [2.24, 2.45) is 5.73 Å². The van der Waals surface area contributed by atoms with Crippen LogP contribution in [0.25, 0.3) is 0 Å². The van der Waals surface area contributed by atoms with Crippen molar-refractivity contribution in [3.05, 3.63) is 0 Å². The van der Waals surface area contributed by atoms with Gasteiger partial charge < -0.3 is 5.73 Å². The number of hydrogen-bond donors (Lipinski definition) is 1. The Hall–Kier alpha value is 0.110. The van der Waals surface area contributed by atoms with Crippen LogP contribution >= 0.6 is 24.2 Å². The average Bonchev–Trinajstić information content (AvgIpc) is 1.69. The maximum absolute atomic E-state index is 10.4. The first-order chi connectivity index (χ1) is 3.72. The lowest BCUT2D eigenvalue weighted by atomic mass is 10.3. The maximum Gasteiger partial charge on any atom is 0.230 e. The molecule has 0 saturated carbocycles. The number of rotatable bonds is 3. The summed E-state index contributed by atoms with van der Waals surface area (Å²) in [4.78, 5) is 10.4. The minimum atomic E-state index is -0.208. The van der Waals surface area contributed by atoms with E-state index in [0.29, 0.717) is 0 Å². The molecule has 2 nitrogen and oxygen atoms in total. The van der Waals surface area contributed by atoms with E-state index in [9.17, 15) is 4.79 Å². The third-order valence-electron chi connectivity index (χ3n) is 0.973. The van der Waals surface area contributed by atoms with Crippen LogP contribution in [-0.4, -0.2) is 17.4 Å². The van der Waals surface area contributed by atoms with Crippen LogP contribution in [0, 0.1) is 0 Å². The van der Waals surface area contributed by atoms with E-state index in [-0.39, 0.29) is 23.6 Å². The number of thioether (sulfide) groups is 1. The van der Waals surface area contributed by atoms with Crippen LogP contribution < -0.4 is 5.73 Å². The highest BCUT2D eigenvalue weighted by molar-refractivity contribution is 7.99. The lowest BCUT2D eigenvalue weighted by Crippen LogP contribution is -2.24. The van der Waals surface area contributed by atoms with Gasteiger partial charge in [0.1, 0.15) is 0 Å². The van der Waals surface area contributed by atoms with Crippen molar-refractivity contribution in [3.63, 3.8) is 0 Å². The molecule has 0 fully saturated rings. The minimum Gasteiger partial charge on any atom is -0.369 e. The molecule has 2 N–H and O–H groups in total. The lowest BCUT2D eigenvalue weighted by Gasteiger charge is -2.03. The Kier molecular flexibility index (Phi) is 8.21. The molecular formula is C5H12ClNOS. The highest BCUT2D eigenvalue weighted by Crippen LogP contribution is 2.08. The molecule has 0 spiro atoms. The Morgan fingerprint density at radius 2 is 2.22 bits per heavy atom. The van der Waals surface area contributed by atoms with E-state index in [1.165, 1.54) is 11.8 Å². The van der Waals surface area contributed by atoms with Crippen LogP contribution in [0.5, 0.6) is 0 Å². The molecule has 0 aromatic rings. The van der Waals surface area contributed by atoms with Gasteiger partial charge in [0.25, 0.3) is 0 Å². The SMILES string of the molecule is CCC(SC)C(N)=O.Cl. The molecule has 0 aliphatic heterocycles. The number of primary amides is 1. The smallest absolute Gasteiger partial charge is 0.230 e. The van der Waals surface area contributed by atoms with Crippen molar-refractivity contribution in [1.29, 1.82) is 0 Å². The summed E-state index contributed by atoms with van der Waals surface area (Å²) >= 11 is 1.50. The average molecular weight is 170 g/mol. The van der Waals surface area contributed by atoms with Crippen molar-refractivity contribution in [1.82, 2.24) is 0 Å². The molecule has 0 bridgehead atoms. The molecule has 4 heteroatoms. The van der Waals surface area contributed by atoms with Gasteiger partial charge in [0, 0.05) is 0 Å². The van der Waals surface area contributed by atoms with Gasteiger partial charge in [-0.25, -0.2) is 0 Å². The molecule has 0 rings (SSSR count). The molecule has 0 saturated heterocycles. The summed E-state index contributed by atoms with van der Waals surface area (Å²) in [6, 6.07) is 0. The number of nitrogens with two attached hydrogens (primary N) is 1. The molecule has 0 heterocycles. The Balaban J connectivity index is 0. The van der Waals surface area contributed by atoms with Gasteiger partial charge in [-0.2, -0.15) is 11.8 Å². The predicted molar refractivity (Wildman–Crippen MR) is 44.0 cm³/mol. The predicted octanol–water partition coefficient (Wildman–Crippen LogP) is 1.04. The van der Waals surface area contributed by atoms with Crippen LogP contribution in [0.15, 0.2) is 0 Å². The second kappa shape index (κ2) is 6.23. The minimum absolute atomic E-state index is 0. The van der Waals surface area contributed by atoms with Gasteiger partial charge in [0.2, 0.25) is 5.91 Å². The van der Waals surface area contributed by atoms with Crippen LogP contribution in [0.4, 0.5) is 0 Å². The summed E-state index contributed by atoms with van der Waals surface area (Å²) in [5, 5.41) is 0.00926. The van der Waals surface area contributed by atoms with Crippen molar-refractivity contribution in [3.8, 4) is 0 Å². The van der Waals surface area contributed by atoms with Gasteiger partial charge >= 0.3 is 0 Å². The number of carbonyl (C=O) groups is 1. The van der Waals surface area contributed by atoms with Crippen molar-refractivity contribution >= 4 is 30.1 Å². The quantitative estimate of drug-likeness (QED) is 0.686. The van der Waals surface area contributed by atoms with Gasteiger partial charge in [0.15, 0.2) is 0 Å². The van der Waals surface area contributed by atoms with Crippen LogP contribution in [-0.2, 0) is 4.79 Å². The van der Waals surface area contributed by atoms with E-state index in [1.807, 2.05) is 13.2 Å². The zero-order valence-corrected chi connectivity index (χ0v) is 7.22. The van der Waals surface area contributed by atoms with E-state index in [0.717, 1.165) is 6.42 Å². The molecule has 1 amide bonds. The summed E-state index contributed by atoms with van der Waals surface area (Å²) < 4.78 is 0. The third-order valence-corrected chi connectivity index (χ3v) is 2.11. The summed E-state index contributed by atoms with van der Waals surface area (Å²) in [5.74, 6) is -0.208. The van der Waals surface area contributed by atoms with E-state index in [4.69, 9.17) is 5.73 Å². The molecule has 0 aliphatic carbocycles. The molecule has 9 heavy (non-hydrogen) atoms. The Morgan fingerprint density at radius 3 is 2.22 bits per heavy atom. The highest BCUT2D eigenvalue weighted by atomic mass is 35.5. The fourth-order valence-electron chi connectivity index (χ4n) is 0.484. The van der Waals surface area contributed by atoms with E-state index >= 15 is 0 Å². The summed E-state index contributed by atoms with van der Waals surface area (Å²) in [6.07, 6.45) is 2.72. The van der Waals surface area contributed by atoms with Crippen LogP contribution in [0.3, 0.4) is 0 Å². The first kappa shape index (κ1) is 11.9. The second-order valence-corrected chi connectivity index (χ2v) is 2.58. The Bertz CT molecular complexity index is 85.0. The molecule has 1 atom stereocenters. The first-order valence-electron chi connectivity index (χ1n) is 2.54. The number of amides is 1.